The third kappa shape index (κ3) is 8.75. The first-order chi connectivity index (χ1) is 12.8. The summed E-state index contributed by atoms with van der Waals surface area (Å²) in [6.07, 6.45) is 3.50. The normalized spacial score (nSPS) is 12.4. The van der Waals surface area contributed by atoms with Crippen LogP contribution in [0, 0.1) is 6.92 Å². The van der Waals surface area contributed by atoms with E-state index in [9.17, 15) is 8.42 Å². The second-order valence-electron chi connectivity index (χ2n) is 6.73. The van der Waals surface area contributed by atoms with E-state index >= 15 is 0 Å². The average Bonchev–Trinajstić information content (AvgIpc) is 2.61. The van der Waals surface area contributed by atoms with Gasteiger partial charge in [-0.05, 0) is 63.5 Å². The van der Waals surface area contributed by atoms with Crippen LogP contribution in [0.2, 0.25) is 0 Å². The molecule has 1 rings (SSSR count). The minimum Gasteiger partial charge on any atom is -0.357 e. The van der Waals surface area contributed by atoms with Gasteiger partial charge in [0.25, 0.3) is 0 Å². The molecule has 7 heteroatoms. The SMILES string of the molecule is CCNC(=NCc1ccc(S(C)(=O)=O)c(C)c1)NCCCCN(CC)CC. The summed E-state index contributed by atoms with van der Waals surface area (Å²) in [6.45, 7) is 13.8. The van der Waals surface area contributed by atoms with E-state index in [1.165, 1.54) is 12.7 Å². The van der Waals surface area contributed by atoms with Gasteiger partial charge < -0.3 is 15.5 Å². The van der Waals surface area contributed by atoms with Gasteiger partial charge in [-0.1, -0.05) is 26.0 Å². The zero-order valence-electron chi connectivity index (χ0n) is 17.5. The van der Waals surface area contributed by atoms with E-state index in [2.05, 4.69) is 34.4 Å². The number of hydrogen-bond donors (Lipinski definition) is 2. The molecule has 0 saturated carbocycles. The van der Waals surface area contributed by atoms with Crippen LogP contribution < -0.4 is 10.6 Å². The Kier molecular flexibility index (Phi) is 10.4. The Morgan fingerprint density at radius 2 is 1.81 bits per heavy atom. The second-order valence-corrected chi connectivity index (χ2v) is 8.71. The summed E-state index contributed by atoms with van der Waals surface area (Å²) in [4.78, 5) is 7.43. The van der Waals surface area contributed by atoms with Gasteiger partial charge in [-0.25, -0.2) is 13.4 Å². The summed E-state index contributed by atoms with van der Waals surface area (Å²) in [5.74, 6) is 0.796. The van der Waals surface area contributed by atoms with Crippen molar-refractivity contribution in [2.75, 3.05) is 39.0 Å². The van der Waals surface area contributed by atoms with Crippen molar-refractivity contribution in [2.45, 2.75) is 52.0 Å². The highest BCUT2D eigenvalue weighted by Crippen LogP contribution is 2.17. The smallest absolute Gasteiger partial charge is 0.191 e. The number of hydrogen-bond acceptors (Lipinski definition) is 4. The van der Waals surface area contributed by atoms with Crippen molar-refractivity contribution in [3.63, 3.8) is 0 Å². The molecule has 6 nitrogen and oxygen atoms in total. The number of nitrogens with one attached hydrogen (secondary N) is 2. The van der Waals surface area contributed by atoms with Crippen LogP contribution in [0.3, 0.4) is 0 Å². The molecule has 0 spiro atoms. The third-order valence-electron chi connectivity index (χ3n) is 4.49. The molecule has 2 N–H and O–H groups in total. The van der Waals surface area contributed by atoms with Gasteiger partial charge in [0.1, 0.15) is 0 Å². The van der Waals surface area contributed by atoms with Gasteiger partial charge in [0.15, 0.2) is 15.8 Å². The highest BCUT2D eigenvalue weighted by atomic mass is 32.2. The first-order valence-electron chi connectivity index (χ1n) is 9.85. The van der Waals surface area contributed by atoms with Crippen molar-refractivity contribution in [3.05, 3.63) is 29.3 Å². The number of sulfone groups is 1. The van der Waals surface area contributed by atoms with Crippen molar-refractivity contribution in [3.8, 4) is 0 Å². The Labute approximate surface area is 165 Å². The standard InChI is InChI=1S/C20H36N4O2S/c1-6-21-20(22-13-9-10-14-24(7-2)8-3)23-16-18-11-12-19(17(4)15-18)27(5,25)26/h11-12,15H,6-10,13-14,16H2,1-5H3,(H2,21,22,23). The Morgan fingerprint density at radius 3 is 2.37 bits per heavy atom. The third-order valence-corrected chi connectivity index (χ3v) is 5.75. The van der Waals surface area contributed by atoms with E-state index in [4.69, 9.17) is 0 Å². The highest BCUT2D eigenvalue weighted by molar-refractivity contribution is 7.90. The maximum atomic E-state index is 11.7. The molecule has 0 fully saturated rings. The summed E-state index contributed by atoms with van der Waals surface area (Å²) in [5.41, 5.74) is 1.76. The molecule has 0 bridgehead atoms. The lowest BCUT2D eigenvalue weighted by Gasteiger charge is -2.18. The van der Waals surface area contributed by atoms with Crippen LogP contribution in [-0.2, 0) is 16.4 Å². The number of aryl methyl sites for hydroxylation is 1. The molecule has 0 aliphatic rings. The topological polar surface area (TPSA) is 73.8 Å². The summed E-state index contributed by atoms with van der Waals surface area (Å²) in [6, 6.07) is 5.40. The van der Waals surface area contributed by atoms with E-state index < -0.39 is 9.84 Å². The van der Waals surface area contributed by atoms with Crippen molar-refractivity contribution in [1.82, 2.24) is 15.5 Å². The van der Waals surface area contributed by atoms with E-state index in [0.29, 0.717) is 11.4 Å². The van der Waals surface area contributed by atoms with Gasteiger partial charge in [-0.15, -0.1) is 0 Å². The Bertz CT molecular complexity index is 698. The lowest BCUT2D eigenvalue weighted by atomic mass is 10.1. The van der Waals surface area contributed by atoms with Crippen LogP contribution in [0.4, 0.5) is 0 Å². The fourth-order valence-electron chi connectivity index (χ4n) is 2.95. The molecule has 1 aromatic rings. The van der Waals surface area contributed by atoms with E-state index in [0.717, 1.165) is 56.2 Å². The van der Waals surface area contributed by atoms with Gasteiger partial charge >= 0.3 is 0 Å². The molecule has 0 amide bonds. The van der Waals surface area contributed by atoms with E-state index in [1.54, 1.807) is 6.07 Å². The highest BCUT2D eigenvalue weighted by Gasteiger charge is 2.10. The molecule has 0 saturated heterocycles. The molecular weight excluding hydrogens is 360 g/mol. The number of nitrogens with zero attached hydrogens (tertiary/aromatic N) is 2. The van der Waals surface area contributed by atoms with Gasteiger partial charge in [0.2, 0.25) is 0 Å². The number of benzene rings is 1. The molecule has 154 valence electrons. The van der Waals surface area contributed by atoms with Crippen LogP contribution in [0.25, 0.3) is 0 Å². The lowest BCUT2D eigenvalue weighted by Crippen LogP contribution is -2.38. The van der Waals surface area contributed by atoms with Crippen LogP contribution in [-0.4, -0.2) is 58.3 Å². The van der Waals surface area contributed by atoms with Crippen molar-refractivity contribution in [2.24, 2.45) is 4.99 Å². The number of unbranched alkanes of at least 4 members (excludes halogenated alkanes) is 1. The van der Waals surface area contributed by atoms with Crippen LogP contribution >= 0.6 is 0 Å². The lowest BCUT2D eigenvalue weighted by molar-refractivity contribution is 0.297. The van der Waals surface area contributed by atoms with Gasteiger partial charge in [-0.3, -0.25) is 0 Å². The number of guanidine groups is 1. The molecule has 0 atom stereocenters. The Morgan fingerprint density at radius 1 is 1.11 bits per heavy atom. The first kappa shape index (κ1) is 23.4. The van der Waals surface area contributed by atoms with Crippen molar-refractivity contribution in [1.29, 1.82) is 0 Å². The maximum Gasteiger partial charge on any atom is 0.191 e. The Balaban J connectivity index is 2.57. The predicted molar refractivity (Wildman–Crippen MR) is 114 cm³/mol. The van der Waals surface area contributed by atoms with Gasteiger partial charge in [0.05, 0.1) is 11.4 Å². The quantitative estimate of drug-likeness (QED) is 0.342. The molecule has 0 aliphatic carbocycles. The zero-order chi connectivity index (χ0) is 20.3. The van der Waals surface area contributed by atoms with Crippen molar-refractivity contribution < 1.29 is 8.42 Å². The minimum absolute atomic E-state index is 0.383. The molecule has 27 heavy (non-hydrogen) atoms. The van der Waals surface area contributed by atoms with E-state index in [1.807, 2.05) is 26.0 Å². The van der Waals surface area contributed by atoms with Crippen LogP contribution in [0.15, 0.2) is 28.1 Å². The first-order valence-corrected chi connectivity index (χ1v) is 11.7. The summed E-state index contributed by atoms with van der Waals surface area (Å²) < 4.78 is 23.4. The molecule has 1 aromatic carbocycles. The van der Waals surface area contributed by atoms with Crippen LogP contribution in [0.1, 0.15) is 44.7 Å². The summed E-state index contributed by atoms with van der Waals surface area (Å²) >= 11 is 0. The fraction of sp³-hybridized carbons (Fsp3) is 0.650. The molecule has 0 radical (unpaired) electrons. The van der Waals surface area contributed by atoms with Gasteiger partial charge in [-0.2, -0.15) is 0 Å². The number of rotatable bonds is 11. The van der Waals surface area contributed by atoms with E-state index in [-0.39, 0.29) is 0 Å². The monoisotopic (exact) mass is 396 g/mol. The average molecular weight is 397 g/mol. The molecule has 0 heterocycles. The predicted octanol–water partition coefficient (Wildman–Crippen LogP) is 2.58. The Hall–Kier alpha value is -1.60. The molecular formula is C20H36N4O2S. The maximum absolute atomic E-state index is 11.7. The zero-order valence-corrected chi connectivity index (χ0v) is 18.3. The molecule has 0 unspecified atom stereocenters. The molecule has 0 aliphatic heterocycles. The second kappa shape index (κ2) is 12.0. The fourth-order valence-corrected chi connectivity index (χ4v) is 3.90. The van der Waals surface area contributed by atoms with Crippen molar-refractivity contribution >= 4 is 15.8 Å². The van der Waals surface area contributed by atoms with Gasteiger partial charge in [0, 0.05) is 19.3 Å². The summed E-state index contributed by atoms with van der Waals surface area (Å²) in [7, 11) is -3.18. The number of aliphatic imine (C=N–C) groups is 1. The minimum atomic E-state index is -3.18. The largest absolute Gasteiger partial charge is 0.357 e. The molecule has 0 aromatic heterocycles. The van der Waals surface area contributed by atoms with Crippen LogP contribution in [0.5, 0.6) is 0 Å². The summed E-state index contributed by atoms with van der Waals surface area (Å²) in [5, 5.41) is 6.63.